The van der Waals surface area contributed by atoms with Crippen molar-refractivity contribution in [2.75, 3.05) is 0 Å². The molecule has 0 atom stereocenters. The Morgan fingerprint density at radius 2 is 2.04 bits per heavy atom. The average Bonchev–Trinajstić information content (AvgIpc) is 3.00. The number of nitrogens with two attached hydrogens (primary N) is 1. The minimum Gasteiger partial charge on any atom is -0.375 e. The quantitative estimate of drug-likeness (QED) is 0.437. The first-order valence-electron chi connectivity index (χ1n) is 6.88. The monoisotopic (exact) mass is 322 g/mol. The Kier molecular flexibility index (Phi) is 4.39. The minimum absolute atomic E-state index is 0.111. The second-order valence-electron chi connectivity index (χ2n) is 4.69. The highest BCUT2D eigenvalue weighted by Gasteiger charge is 2.11. The largest absolute Gasteiger partial charge is 0.375 e. The van der Waals surface area contributed by atoms with Gasteiger partial charge in [-0.25, -0.2) is 4.68 Å². The number of benzene rings is 1. The topological polar surface area (TPSA) is 81.1 Å². The normalized spacial score (nSPS) is 10.8. The number of aromatic nitrogens is 3. The molecule has 0 fully saturated rings. The van der Waals surface area contributed by atoms with E-state index in [1.807, 2.05) is 48.7 Å². The lowest BCUT2D eigenvalue weighted by molar-refractivity contribution is 0.884. The van der Waals surface area contributed by atoms with Gasteiger partial charge < -0.3 is 5.73 Å². The summed E-state index contributed by atoms with van der Waals surface area (Å²) in [5, 5.41) is 8.77. The van der Waals surface area contributed by atoms with Gasteiger partial charge in [0.25, 0.3) is 0 Å². The molecule has 0 amide bonds. The van der Waals surface area contributed by atoms with Crippen LogP contribution < -0.4 is 11.2 Å². The molecule has 0 spiro atoms. The molecule has 0 saturated heterocycles. The van der Waals surface area contributed by atoms with E-state index in [4.69, 9.17) is 18.0 Å². The number of thiocarbonyl (C=S) groups is 1. The Bertz CT molecular complexity index is 826. The van der Waals surface area contributed by atoms with Crippen LogP contribution in [0.25, 0.3) is 16.9 Å². The smallest absolute Gasteiger partial charge is 0.184 e. The first kappa shape index (κ1) is 14.9. The maximum atomic E-state index is 5.38. The van der Waals surface area contributed by atoms with Gasteiger partial charge in [-0.1, -0.05) is 18.2 Å². The second-order valence-corrected chi connectivity index (χ2v) is 5.13. The molecule has 1 aromatic carbocycles. The van der Waals surface area contributed by atoms with Crippen LogP contribution in [0.1, 0.15) is 5.56 Å². The standard InChI is InChI=1S/C16H14N6S/c17-16(23)20-19-10-13-11-22(14-6-2-1-3-7-14)21-15(13)12-5-4-8-18-9-12/h1-11H,(H3,17,20,23). The summed E-state index contributed by atoms with van der Waals surface area (Å²) >= 11 is 4.74. The predicted molar refractivity (Wildman–Crippen MR) is 94.3 cm³/mol. The van der Waals surface area contributed by atoms with Gasteiger partial charge in [-0.15, -0.1) is 0 Å². The van der Waals surface area contributed by atoms with E-state index in [-0.39, 0.29) is 5.11 Å². The summed E-state index contributed by atoms with van der Waals surface area (Å²) in [7, 11) is 0. The van der Waals surface area contributed by atoms with Crippen molar-refractivity contribution in [1.82, 2.24) is 20.2 Å². The van der Waals surface area contributed by atoms with E-state index in [2.05, 4.69) is 20.6 Å². The number of nitrogens with one attached hydrogen (secondary N) is 1. The summed E-state index contributed by atoms with van der Waals surface area (Å²) in [5.74, 6) is 0. The SMILES string of the molecule is NC(=S)NN=Cc1cn(-c2ccccc2)nc1-c1cccnc1. The van der Waals surface area contributed by atoms with Gasteiger partial charge in [0, 0.05) is 29.7 Å². The molecule has 3 rings (SSSR count). The summed E-state index contributed by atoms with van der Waals surface area (Å²) in [6.45, 7) is 0. The highest BCUT2D eigenvalue weighted by atomic mass is 32.1. The van der Waals surface area contributed by atoms with Crippen LogP contribution in [-0.4, -0.2) is 26.1 Å². The lowest BCUT2D eigenvalue weighted by atomic mass is 10.1. The zero-order chi connectivity index (χ0) is 16.1. The van der Waals surface area contributed by atoms with Gasteiger partial charge in [-0.05, 0) is 36.5 Å². The van der Waals surface area contributed by atoms with E-state index in [0.717, 1.165) is 22.5 Å². The van der Waals surface area contributed by atoms with Gasteiger partial charge in [0.05, 0.1) is 11.9 Å². The van der Waals surface area contributed by atoms with E-state index < -0.39 is 0 Å². The second kappa shape index (κ2) is 6.80. The molecule has 0 aliphatic carbocycles. The fourth-order valence-corrected chi connectivity index (χ4v) is 2.14. The first-order valence-corrected chi connectivity index (χ1v) is 7.29. The molecule has 2 heterocycles. The van der Waals surface area contributed by atoms with Gasteiger partial charge in [0.1, 0.15) is 5.69 Å². The molecule has 3 N–H and O–H groups in total. The Morgan fingerprint density at radius 1 is 1.22 bits per heavy atom. The maximum absolute atomic E-state index is 5.38. The molecule has 0 aliphatic rings. The Labute approximate surface area is 138 Å². The molecule has 23 heavy (non-hydrogen) atoms. The molecule has 0 aliphatic heterocycles. The van der Waals surface area contributed by atoms with E-state index in [0.29, 0.717) is 0 Å². The van der Waals surface area contributed by atoms with Crippen molar-refractivity contribution < 1.29 is 0 Å². The number of para-hydroxylation sites is 1. The summed E-state index contributed by atoms with van der Waals surface area (Å²) in [6, 6.07) is 13.7. The zero-order valence-electron chi connectivity index (χ0n) is 12.1. The fourth-order valence-electron chi connectivity index (χ4n) is 2.09. The van der Waals surface area contributed by atoms with Crippen molar-refractivity contribution >= 4 is 23.5 Å². The van der Waals surface area contributed by atoms with E-state index >= 15 is 0 Å². The van der Waals surface area contributed by atoms with Gasteiger partial charge in [-0.3, -0.25) is 10.4 Å². The van der Waals surface area contributed by atoms with E-state index in [9.17, 15) is 0 Å². The highest BCUT2D eigenvalue weighted by Crippen LogP contribution is 2.21. The number of hydrazone groups is 1. The van der Waals surface area contributed by atoms with Crippen molar-refractivity contribution in [1.29, 1.82) is 0 Å². The van der Waals surface area contributed by atoms with Crippen LogP contribution in [0.5, 0.6) is 0 Å². The van der Waals surface area contributed by atoms with Gasteiger partial charge >= 0.3 is 0 Å². The lowest BCUT2D eigenvalue weighted by Crippen LogP contribution is -2.24. The van der Waals surface area contributed by atoms with Crippen LogP contribution in [0.3, 0.4) is 0 Å². The number of pyridine rings is 1. The predicted octanol–water partition coefficient (Wildman–Crippen LogP) is 2.10. The molecule has 7 heteroatoms. The molecule has 0 saturated carbocycles. The third-order valence-electron chi connectivity index (χ3n) is 3.08. The van der Waals surface area contributed by atoms with Crippen LogP contribution in [0.15, 0.2) is 66.2 Å². The third kappa shape index (κ3) is 3.58. The summed E-state index contributed by atoms with van der Waals surface area (Å²) in [6.07, 6.45) is 7.01. The van der Waals surface area contributed by atoms with Crippen LogP contribution in [0.4, 0.5) is 0 Å². The maximum Gasteiger partial charge on any atom is 0.184 e. The molecule has 0 unspecified atom stereocenters. The first-order chi connectivity index (χ1) is 11.2. The van der Waals surface area contributed by atoms with Crippen molar-refractivity contribution in [3.63, 3.8) is 0 Å². The molecule has 3 aromatic rings. The van der Waals surface area contributed by atoms with Crippen LogP contribution >= 0.6 is 12.2 Å². The Balaban J connectivity index is 2.03. The molecule has 6 nitrogen and oxygen atoms in total. The fraction of sp³-hybridized carbons (Fsp3) is 0. The molecule has 0 bridgehead atoms. The van der Waals surface area contributed by atoms with Crippen molar-refractivity contribution in [2.45, 2.75) is 0 Å². The molecule has 0 radical (unpaired) electrons. The minimum atomic E-state index is 0.111. The van der Waals surface area contributed by atoms with Crippen LogP contribution in [0.2, 0.25) is 0 Å². The molecule has 2 aromatic heterocycles. The van der Waals surface area contributed by atoms with Crippen LogP contribution in [-0.2, 0) is 0 Å². The van der Waals surface area contributed by atoms with Crippen molar-refractivity contribution in [3.05, 3.63) is 66.6 Å². The highest BCUT2D eigenvalue weighted by molar-refractivity contribution is 7.80. The summed E-state index contributed by atoms with van der Waals surface area (Å²) < 4.78 is 1.80. The van der Waals surface area contributed by atoms with E-state index in [1.165, 1.54) is 0 Å². The summed E-state index contributed by atoms with van der Waals surface area (Å²) in [4.78, 5) is 4.14. The zero-order valence-corrected chi connectivity index (χ0v) is 12.9. The number of hydrogen-bond donors (Lipinski definition) is 2. The number of hydrogen-bond acceptors (Lipinski definition) is 4. The average molecular weight is 322 g/mol. The molecule has 114 valence electrons. The molecular formula is C16H14N6S. The van der Waals surface area contributed by atoms with Gasteiger partial charge in [-0.2, -0.15) is 10.2 Å². The lowest BCUT2D eigenvalue weighted by Gasteiger charge is -1.99. The Hall–Kier alpha value is -3.06. The summed E-state index contributed by atoms with van der Waals surface area (Å²) in [5.41, 5.74) is 11.4. The van der Waals surface area contributed by atoms with Gasteiger partial charge in [0.2, 0.25) is 0 Å². The van der Waals surface area contributed by atoms with Gasteiger partial charge in [0.15, 0.2) is 5.11 Å². The van der Waals surface area contributed by atoms with E-state index in [1.54, 1.807) is 23.3 Å². The van der Waals surface area contributed by atoms with Crippen molar-refractivity contribution in [2.24, 2.45) is 10.8 Å². The number of nitrogens with zero attached hydrogens (tertiary/aromatic N) is 4. The molecular weight excluding hydrogens is 308 g/mol. The number of rotatable bonds is 4. The van der Waals surface area contributed by atoms with Crippen molar-refractivity contribution in [3.8, 4) is 16.9 Å². The Morgan fingerprint density at radius 3 is 2.74 bits per heavy atom. The van der Waals surface area contributed by atoms with Crippen LogP contribution in [0, 0.1) is 0 Å². The third-order valence-corrected chi connectivity index (χ3v) is 3.17.